The van der Waals surface area contributed by atoms with Crippen LogP contribution in [0.5, 0.6) is 17.2 Å². The number of nitrogens with one attached hydrogen (secondary N) is 1. The fourth-order valence-corrected chi connectivity index (χ4v) is 2.03. The van der Waals surface area contributed by atoms with Crippen LogP contribution in [0.2, 0.25) is 0 Å². The van der Waals surface area contributed by atoms with Gasteiger partial charge in [-0.1, -0.05) is 0 Å². The van der Waals surface area contributed by atoms with Gasteiger partial charge < -0.3 is 24.4 Å². The highest BCUT2D eigenvalue weighted by Crippen LogP contribution is 2.39. The van der Waals surface area contributed by atoms with Crippen LogP contribution < -0.4 is 19.5 Å². The largest absolute Gasteiger partial charge is 0.493 e. The second-order valence-corrected chi connectivity index (χ2v) is 5.42. The van der Waals surface area contributed by atoms with E-state index in [2.05, 4.69) is 5.32 Å². The van der Waals surface area contributed by atoms with Crippen molar-refractivity contribution < 1.29 is 23.8 Å². The molecular weight excluding hydrogens is 314 g/mol. The summed E-state index contributed by atoms with van der Waals surface area (Å²) in [5.74, 6) is 1.02. The molecule has 0 fully saturated rings. The summed E-state index contributed by atoms with van der Waals surface area (Å²) in [5, 5.41) is 2.75. The Bertz CT molecular complexity index is 564. The molecule has 0 unspecified atom stereocenters. The zero-order valence-corrected chi connectivity index (χ0v) is 15.0. The van der Waals surface area contributed by atoms with E-state index < -0.39 is 0 Å². The second kappa shape index (κ2) is 8.97. The summed E-state index contributed by atoms with van der Waals surface area (Å²) in [7, 11) is 9.57. The Morgan fingerprint density at radius 1 is 0.958 bits per heavy atom. The van der Waals surface area contributed by atoms with Gasteiger partial charge in [0.2, 0.25) is 17.6 Å². The molecule has 0 heterocycles. The lowest BCUT2D eigenvalue weighted by atomic mass is 10.2. The van der Waals surface area contributed by atoms with E-state index >= 15 is 0 Å². The zero-order valence-electron chi connectivity index (χ0n) is 15.0. The minimum absolute atomic E-state index is 0.0712. The third kappa shape index (κ3) is 5.31. The van der Waals surface area contributed by atoms with Gasteiger partial charge in [-0.15, -0.1) is 0 Å². The Kier molecular flexibility index (Phi) is 7.31. The molecule has 0 spiro atoms. The molecule has 1 aromatic carbocycles. The van der Waals surface area contributed by atoms with Gasteiger partial charge in [0.05, 0.1) is 34.4 Å². The summed E-state index contributed by atoms with van der Waals surface area (Å²) in [5.41, 5.74) is 0.516. The molecule has 1 rings (SSSR count). The summed E-state index contributed by atoms with van der Waals surface area (Å²) >= 11 is 0. The molecule has 0 atom stereocenters. The fraction of sp³-hybridized carbons (Fsp3) is 0.500. The average molecular weight is 339 g/mol. The molecular formula is C16H25N3O5. The van der Waals surface area contributed by atoms with Crippen LogP contribution in [-0.2, 0) is 9.59 Å². The topological polar surface area (TPSA) is 80.3 Å². The molecule has 134 valence electrons. The molecule has 0 radical (unpaired) electrons. The highest BCUT2D eigenvalue weighted by molar-refractivity contribution is 5.93. The van der Waals surface area contributed by atoms with Crippen molar-refractivity contribution in [2.45, 2.75) is 0 Å². The number of carbonyl (C=O) groups excluding carboxylic acids is 2. The van der Waals surface area contributed by atoms with Gasteiger partial charge >= 0.3 is 0 Å². The molecule has 0 bridgehead atoms. The predicted molar refractivity (Wildman–Crippen MR) is 90.9 cm³/mol. The van der Waals surface area contributed by atoms with Gasteiger partial charge in [0.25, 0.3) is 0 Å². The van der Waals surface area contributed by atoms with E-state index in [4.69, 9.17) is 14.2 Å². The van der Waals surface area contributed by atoms with E-state index in [0.29, 0.717) is 22.9 Å². The van der Waals surface area contributed by atoms with Crippen LogP contribution in [0.25, 0.3) is 0 Å². The number of methoxy groups -OCH3 is 3. The molecule has 2 amide bonds. The highest BCUT2D eigenvalue weighted by Gasteiger charge is 2.16. The summed E-state index contributed by atoms with van der Waals surface area (Å²) in [6, 6.07) is 3.29. The van der Waals surface area contributed by atoms with Gasteiger partial charge in [-0.05, 0) is 7.05 Å². The number of likely N-dealkylation sites (N-methyl/N-ethyl adjacent to an activating group) is 2. The van der Waals surface area contributed by atoms with Crippen LogP contribution in [-0.4, -0.2) is 77.2 Å². The van der Waals surface area contributed by atoms with E-state index in [1.54, 1.807) is 38.2 Å². The van der Waals surface area contributed by atoms with Crippen LogP contribution in [0.4, 0.5) is 5.69 Å². The minimum atomic E-state index is -0.252. The maximum atomic E-state index is 12.1. The van der Waals surface area contributed by atoms with E-state index in [-0.39, 0.29) is 24.9 Å². The Labute approximate surface area is 142 Å². The maximum Gasteiger partial charge on any atom is 0.238 e. The van der Waals surface area contributed by atoms with Crippen molar-refractivity contribution in [1.82, 2.24) is 9.80 Å². The third-order valence-electron chi connectivity index (χ3n) is 3.27. The summed E-state index contributed by atoms with van der Waals surface area (Å²) in [6.45, 7) is 0.242. The van der Waals surface area contributed by atoms with Crippen LogP contribution in [0.3, 0.4) is 0 Å². The summed E-state index contributed by atoms with van der Waals surface area (Å²) in [4.78, 5) is 26.9. The van der Waals surface area contributed by atoms with Gasteiger partial charge in [-0.3, -0.25) is 14.5 Å². The number of amides is 2. The van der Waals surface area contributed by atoms with Crippen molar-refractivity contribution >= 4 is 17.5 Å². The fourth-order valence-electron chi connectivity index (χ4n) is 2.03. The van der Waals surface area contributed by atoms with Crippen molar-refractivity contribution in [3.05, 3.63) is 12.1 Å². The highest BCUT2D eigenvalue weighted by atomic mass is 16.5. The number of nitrogens with zero attached hydrogens (tertiary/aromatic N) is 2. The SMILES string of the molecule is COc1cc(NC(=O)CN(C)CC(=O)N(C)C)cc(OC)c1OC. The number of benzene rings is 1. The Morgan fingerprint density at radius 3 is 1.92 bits per heavy atom. The summed E-state index contributed by atoms with van der Waals surface area (Å²) in [6.07, 6.45) is 0. The molecule has 0 saturated heterocycles. The van der Waals surface area contributed by atoms with Gasteiger partial charge in [-0.2, -0.15) is 0 Å². The van der Waals surface area contributed by atoms with E-state index in [1.807, 2.05) is 0 Å². The van der Waals surface area contributed by atoms with E-state index in [1.165, 1.54) is 26.2 Å². The van der Waals surface area contributed by atoms with Crippen LogP contribution in [0.15, 0.2) is 12.1 Å². The normalized spacial score (nSPS) is 10.3. The third-order valence-corrected chi connectivity index (χ3v) is 3.27. The summed E-state index contributed by atoms with van der Waals surface area (Å²) < 4.78 is 15.7. The number of rotatable bonds is 8. The van der Waals surface area contributed by atoms with Crippen molar-refractivity contribution in [2.24, 2.45) is 0 Å². The Hall–Kier alpha value is -2.48. The molecule has 0 aliphatic carbocycles. The number of anilines is 1. The maximum absolute atomic E-state index is 12.1. The first-order valence-electron chi connectivity index (χ1n) is 7.30. The molecule has 1 aromatic rings. The van der Waals surface area contributed by atoms with Gasteiger partial charge in [0.1, 0.15) is 0 Å². The average Bonchev–Trinajstić information content (AvgIpc) is 2.53. The second-order valence-electron chi connectivity index (χ2n) is 5.42. The zero-order chi connectivity index (χ0) is 18.3. The van der Waals surface area contributed by atoms with Gasteiger partial charge in [-0.25, -0.2) is 0 Å². The van der Waals surface area contributed by atoms with Crippen LogP contribution in [0, 0.1) is 0 Å². The molecule has 24 heavy (non-hydrogen) atoms. The molecule has 0 saturated carbocycles. The molecule has 0 aromatic heterocycles. The first-order chi connectivity index (χ1) is 11.3. The van der Waals surface area contributed by atoms with Crippen molar-refractivity contribution in [1.29, 1.82) is 0 Å². The van der Waals surface area contributed by atoms with Crippen molar-refractivity contribution in [3.8, 4) is 17.2 Å². The smallest absolute Gasteiger partial charge is 0.238 e. The molecule has 0 aliphatic rings. The predicted octanol–water partition coefficient (Wildman–Crippen LogP) is 0.671. The van der Waals surface area contributed by atoms with E-state index in [9.17, 15) is 9.59 Å². The lowest BCUT2D eigenvalue weighted by Crippen LogP contribution is -2.38. The number of carbonyl (C=O) groups is 2. The molecule has 1 N–H and O–H groups in total. The lowest BCUT2D eigenvalue weighted by Gasteiger charge is -2.19. The van der Waals surface area contributed by atoms with Crippen molar-refractivity contribution in [3.63, 3.8) is 0 Å². The van der Waals surface area contributed by atoms with E-state index in [0.717, 1.165) is 0 Å². The first-order valence-corrected chi connectivity index (χ1v) is 7.30. The molecule has 0 aliphatic heterocycles. The van der Waals surface area contributed by atoms with Gasteiger partial charge in [0.15, 0.2) is 11.5 Å². The van der Waals surface area contributed by atoms with Crippen LogP contribution >= 0.6 is 0 Å². The Morgan fingerprint density at radius 2 is 1.50 bits per heavy atom. The Balaban J connectivity index is 2.78. The lowest BCUT2D eigenvalue weighted by molar-refractivity contribution is -0.130. The number of ether oxygens (including phenoxy) is 3. The van der Waals surface area contributed by atoms with Crippen molar-refractivity contribution in [2.75, 3.05) is 60.9 Å². The number of hydrogen-bond acceptors (Lipinski definition) is 6. The minimum Gasteiger partial charge on any atom is -0.493 e. The monoisotopic (exact) mass is 339 g/mol. The standard InChI is InChI=1S/C16H25N3O5/c1-18(2)15(21)10-19(3)9-14(20)17-11-7-12(22-4)16(24-6)13(8-11)23-5/h7-8H,9-10H2,1-6H3,(H,17,20). The first kappa shape index (κ1) is 19.6. The van der Waals surface area contributed by atoms with Crippen LogP contribution in [0.1, 0.15) is 0 Å². The number of hydrogen-bond donors (Lipinski definition) is 1. The quantitative estimate of drug-likeness (QED) is 0.750. The van der Waals surface area contributed by atoms with Gasteiger partial charge in [0, 0.05) is 31.9 Å². The molecule has 8 nitrogen and oxygen atoms in total. The molecule has 8 heteroatoms.